The number of fused-ring (bicyclic) bond motifs is 2. The molecule has 0 radical (unpaired) electrons. The first-order valence-electron chi connectivity index (χ1n) is 13.1. The number of allylic oxidation sites excluding steroid dienone is 4. The second-order valence-electron chi connectivity index (χ2n) is 11.0. The molecule has 4 saturated carbocycles. The minimum atomic E-state index is -0.475. The van der Waals surface area contributed by atoms with Gasteiger partial charge in [0.1, 0.15) is 17.1 Å². The molecule has 4 unspecified atom stereocenters. The predicted octanol–water partition coefficient (Wildman–Crippen LogP) is 5.55. The van der Waals surface area contributed by atoms with E-state index in [-0.39, 0.29) is 46.6 Å². The van der Waals surface area contributed by atoms with Gasteiger partial charge in [0.2, 0.25) is 0 Å². The van der Waals surface area contributed by atoms with E-state index >= 15 is 0 Å². The van der Waals surface area contributed by atoms with Crippen LogP contribution in [0.3, 0.4) is 0 Å². The summed E-state index contributed by atoms with van der Waals surface area (Å²) in [5.74, 6) is 1.19. The van der Waals surface area contributed by atoms with Gasteiger partial charge in [-0.2, -0.15) is 0 Å². The molecule has 1 heterocycles. The van der Waals surface area contributed by atoms with E-state index < -0.39 is 5.60 Å². The van der Waals surface area contributed by atoms with Crippen molar-refractivity contribution in [3.8, 4) is 5.75 Å². The molecule has 0 spiro atoms. The topological polar surface area (TPSA) is 69.7 Å². The number of benzene rings is 2. The highest BCUT2D eigenvalue weighted by Crippen LogP contribution is 2.55. The first-order valence-corrected chi connectivity index (χ1v) is 14.3. The van der Waals surface area contributed by atoms with Crippen LogP contribution in [-0.4, -0.2) is 34.6 Å². The van der Waals surface area contributed by atoms with E-state index in [1.807, 2.05) is 66.8 Å². The van der Waals surface area contributed by atoms with Crippen LogP contribution in [0, 0.1) is 23.7 Å². The van der Waals surface area contributed by atoms with Crippen LogP contribution in [0.1, 0.15) is 42.5 Å². The zero-order chi connectivity index (χ0) is 25.1. The summed E-state index contributed by atoms with van der Waals surface area (Å²) in [6, 6.07) is 15.7. The normalized spacial score (nSPS) is 32.8. The standard InChI is InChI=1S/C31H28O5S/c32-28(36-31-15-19-13-20(16-31)29(33)21(14-19)17-31)18-35-22-9-11-23(12-10-22)37-26-7-3-1-5-24(26)30(34)25-6-2-4-8-27(25)37/h1-12,19-21,24H,13-18H2. The van der Waals surface area contributed by atoms with Crippen LogP contribution in [-0.2, 0) is 14.3 Å². The minimum absolute atomic E-state index is 0.0699. The maximum absolute atomic E-state index is 13.1. The van der Waals surface area contributed by atoms with Gasteiger partial charge in [0.05, 0.1) is 5.92 Å². The van der Waals surface area contributed by atoms with E-state index in [2.05, 4.69) is 6.08 Å². The maximum atomic E-state index is 13.1. The zero-order valence-electron chi connectivity index (χ0n) is 20.4. The van der Waals surface area contributed by atoms with Crippen molar-refractivity contribution in [2.45, 2.75) is 47.5 Å². The zero-order valence-corrected chi connectivity index (χ0v) is 21.2. The highest BCUT2D eigenvalue weighted by Gasteiger charge is 2.57. The van der Waals surface area contributed by atoms with Crippen molar-refractivity contribution >= 4 is 32.9 Å². The Balaban J connectivity index is 1.07. The molecule has 4 atom stereocenters. The molecular weight excluding hydrogens is 484 g/mol. The fourth-order valence-corrected chi connectivity index (χ4v) is 9.67. The number of ketones is 2. The minimum Gasteiger partial charge on any atom is -0.482 e. The summed E-state index contributed by atoms with van der Waals surface area (Å²) in [6.45, 7) is -0.148. The number of carbonyl (C=O) groups is 3. The molecule has 0 N–H and O–H groups in total. The van der Waals surface area contributed by atoms with Gasteiger partial charge in [0.25, 0.3) is 0 Å². The predicted molar refractivity (Wildman–Crippen MR) is 141 cm³/mol. The number of rotatable bonds is 5. The maximum Gasteiger partial charge on any atom is 0.344 e. The summed E-state index contributed by atoms with van der Waals surface area (Å²) < 4.78 is 11.8. The summed E-state index contributed by atoms with van der Waals surface area (Å²) in [6.07, 6.45) is 12.1. The van der Waals surface area contributed by atoms with E-state index in [1.54, 1.807) is 0 Å². The van der Waals surface area contributed by atoms with Crippen molar-refractivity contribution in [2.24, 2.45) is 23.7 Å². The number of hydrogen-bond acceptors (Lipinski definition) is 5. The highest BCUT2D eigenvalue weighted by atomic mass is 32.2. The molecule has 2 aromatic rings. The van der Waals surface area contributed by atoms with Gasteiger partial charge in [-0.05, 0) is 73.2 Å². The van der Waals surface area contributed by atoms with Crippen molar-refractivity contribution in [3.05, 3.63) is 78.4 Å². The Hall–Kier alpha value is -3.25. The Morgan fingerprint density at radius 2 is 1.70 bits per heavy atom. The molecule has 1 aliphatic heterocycles. The number of Topliss-reactive ketones (excluding diaryl/α,β-unsaturated/α-hetero) is 2. The molecule has 5 aliphatic carbocycles. The average Bonchev–Trinajstić information content (AvgIpc) is 2.91. The molecule has 8 rings (SSSR count). The van der Waals surface area contributed by atoms with E-state index in [9.17, 15) is 14.4 Å². The Kier molecular flexibility index (Phi) is 5.36. The van der Waals surface area contributed by atoms with Crippen LogP contribution < -0.4 is 4.74 Å². The lowest BCUT2D eigenvalue weighted by Crippen LogP contribution is -2.57. The molecule has 5 nitrogen and oxygen atoms in total. The summed E-state index contributed by atoms with van der Waals surface area (Å²) in [7, 11) is -0.369. The smallest absolute Gasteiger partial charge is 0.344 e. The van der Waals surface area contributed by atoms with Gasteiger partial charge >= 0.3 is 5.97 Å². The van der Waals surface area contributed by atoms with Crippen LogP contribution in [0.25, 0.3) is 0 Å². The SMILES string of the molecule is O=C(COc1ccc(S2=C3C=CC=CC3C(=O)c3ccccc32)cc1)OC12CC3CC(C1)C(=O)C(C3)C2. The van der Waals surface area contributed by atoms with Gasteiger partial charge in [-0.25, -0.2) is 4.79 Å². The fourth-order valence-electron chi connectivity index (χ4n) is 7.23. The molecule has 37 heavy (non-hydrogen) atoms. The van der Waals surface area contributed by atoms with Crippen molar-refractivity contribution in [1.29, 1.82) is 0 Å². The van der Waals surface area contributed by atoms with Gasteiger partial charge in [-0.1, -0.05) is 42.5 Å². The van der Waals surface area contributed by atoms with Crippen molar-refractivity contribution in [3.63, 3.8) is 0 Å². The summed E-state index contributed by atoms with van der Waals surface area (Å²) in [4.78, 5) is 41.5. The molecule has 4 fully saturated rings. The van der Waals surface area contributed by atoms with Crippen LogP contribution in [0.5, 0.6) is 5.75 Å². The molecule has 188 valence electrons. The average molecular weight is 513 g/mol. The quantitative estimate of drug-likeness (QED) is 0.388. The first kappa shape index (κ1) is 22.9. The third-order valence-electron chi connectivity index (χ3n) is 8.56. The molecule has 0 amide bonds. The van der Waals surface area contributed by atoms with Gasteiger partial charge in [-0.15, -0.1) is 10.5 Å². The third-order valence-corrected chi connectivity index (χ3v) is 11.0. The van der Waals surface area contributed by atoms with Crippen LogP contribution in [0.2, 0.25) is 0 Å². The fraction of sp³-hybridized carbons (Fsp3) is 0.355. The Labute approximate surface area is 218 Å². The first-order chi connectivity index (χ1) is 18.0. The molecule has 4 bridgehead atoms. The third kappa shape index (κ3) is 3.84. The number of ether oxygens (including phenoxy) is 2. The monoisotopic (exact) mass is 512 g/mol. The lowest BCUT2D eigenvalue weighted by molar-refractivity contribution is -0.190. The molecule has 0 aromatic heterocycles. The highest BCUT2D eigenvalue weighted by molar-refractivity contribution is 8.16. The lowest BCUT2D eigenvalue weighted by Gasteiger charge is -2.54. The van der Waals surface area contributed by atoms with E-state index in [0.717, 1.165) is 39.5 Å². The van der Waals surface area contributed by atoms with Gasteiger partial charge in [-0.3, -0.25) is 9.59 Å². The van der Waals surface area contributed by atoms with Crippen molar-refractivity contribution < 1.29 is 23.9 Å². The van der Waals surface area contributed by atoms with Crippen LogP contribution in [0.4, 0.5) is 0 Å². The summed E-state index contributed by atoms with van der Waals surface area (Å²) >= 11 is 0. The van der Waals surface area contributed by atoms with E-state index in [1.165, 1.54) is 0 Å². The molecule has 6 heteroatoms. The number of carbonyl (C=O) groups excluding carboxylic acids is 3. The van der Waals surface area contributed by atoms with Crippen molar-refractivity contribution in [2.75, 3.05) is 6.61 Å². The molecule has 2 aromatic carbocycles. The molecule has 6 aliphatic rings. The van der Waals surface area contributed by atoms with Crippen LogP contribution >= 0.6 is 10.5 Å². The van der Waals surface area contributed by atoms with Gasteiger partial charge < -0.3 is 9.47 Å². The Morgan fingerprint density at radius 3 is 2.49 bits per heavy atom. The largest absolute Gasteiger partial charge is 0.482 e. The Bertz CT molecular complexity index is 1400. The summed E-state index contributed by atoms with van der Waals surface area (Å²) in [5.41, 5.74) is 0.311. The lowest BCUT2D eigenvalue weighted by atomic mass is 9.53. The second-order valence-corrected chi connectivity index (χ2v) is 12.9. The number of esters is 1. The summed E-state index contributed by atoms with van der Waals surface area (Å²) in [5, 5.41) is 0. The van der Waals surface area contributed by atoms with Crippen molar-refractivity contribution in [1.82, 2.24) is 0 Å². The van der Waals surface area contributed by atoms with E-state index in [4.69, 9.17) is 9.47 Å². The van der Waals surface area contributed by atoms with Crippen LogP contribution in [0.15, 0.2) is 82.6 Å². The Morgan fingerprint density at radius 1 is 0.946 bits per heavy atom. The van der Waals surface area contributed by atoms with E-state index in [0.29, 0.717) is 30.3 Å². The van der Waals surface area contributed by atoms with Gasteiger partial charge in [0.15, 0.2) is 12.4 Å². The van der Waals surface area contributed by atoms with Gasteiger partial charge in [0, 0.05) is 27.2 Å². The number of hydrogen-bond donors (Lipinski definition) is 0. The molecular formula is C31H28O5S. The molecule has 0 saturated heterocycles. The second kappa shape index (κ2) is 8.66.